The van der Waals surface area contributed by atoms with Gasteiger partial charge in [-0.15, -0.1) is 0 Å². The smallest absolute Gasteiger partial charge is 0.222 e. The molecule has 0 radical (unpaired) electrons. The molecule has 0 aliphatic heterocycles. The van der Waals surface area contributed by atoms with Gasteiger partial charge in [0.15, 0.2) is 10.9 Å². The molecule has 0 spiro atoms. The molecule has 0 saturated carbocycles. The van der Waals surface area contributed by atoms with E-state index in [-0.39, 0.29) is 5.91 Å². The van der Waals surface area contributed by atoms with Crippen molar-refractivity contribution in [1.82, 2.24) is 4.98 Å². The van der Waals surface area contributed by atoms with Gasteiger partial charge in [-0.2, -0.15) is 0 Å². The molecule has 3 N–H and O–H groups in total. The Labute approximate surface area is 72.4 Å². The number of nitrogens with two attached hydrogens (primary N) is 1. The summed E-state index contributed by atoms with van der Waals surface area (Å²) in [5.74, 6) is 0.124. The van der Waals surface area contributed by atoms with E-state index in [0.717, 1.165) is 11.3 Å². The molecule has 1 heterocycles. The lowest BCUT2D eigenvalue weighted by atomic mass is 10.6. The van der Waals surface area contributed by atoms with Crippen molar-refractivity contribution in [2.75, 3.05) is 11.1 Å². The van der Waals surface area contributed by atoms with E-state index in [9.17, 15) is 4.79 Å². The van der Waals surface area contributed by atoms with Gasteiger partial charge in [0.1, 0.15) is 4.34 Å². The van der Waals surface area contributed by atoms with E-state index in [4.69, 9.17) is 17.3 Å². The molecule has 0 aliphatic carbocycles. The van der Waals surface area contributed by atoms with Crippen LogP contribution in [-0.4, -0.2) is 10.9 Å². The zero-order valence-corrected chi connectivity index (χ0v) is 7.29. The fourth-order valence-corrected chi connectivity index (χ4v) is 1.40. The zero-order chi connectivity index (χ0) is 8.43. The Kier molecular flexibility index (Phi) is 2.31. The molecule has 4 nitrogen and oxygen atoms in total. The lowest BCUT2D eigenvalue weighted by Gasteiger charge is -1.94. The minimum Gasteiger partial charge on any atom is -0.375 e. The molecule has 6 heteroatoms. The number of hydrogen-bond donors (Lipinski definition) is 2. The monoisotopic (exact) mass is 191 g/mol. The van der Waals surface area contributed by atoms with Crippen molar-refractivity contribution >= 4 is 39.8 Å². The van der Waals surface area contributed by atoms with Gasteiger partial charge in [0.25, 0.3) is 0 Å². The molecule has 1 aromatic rings. The van der Waals surface area contributed by atoms with E-state index in [1.807, 2.05) is 0 Å². The fourth-order valence-electron chi connectivity index (χ4n) is 0.561. The minimum absolute atomic E-state index is 0.211. The van der Waals surface area contributed by atoms with Crippen LogP contribution in [0.5, 0.6) is 0 Å². The normalized spacial score (nSPS) is 9.64. The van der Waals surface area contributed by atoms with Crippen LogP contribution in [0.1, 0.15) is 6.92 Å². The first-order valence-corrected chi connectivity index (χ1v) is 3.98. The Hall–Kier alpha value is -0.810. The van der Waals surface area contributed by atoms with Gasteiger partial charge in [-0.05, 0) is 0 Å². The number of nitrogens with one attached hydrogen (secondary N) is 1. The molecule has 0 aromatic carbocycles. The van der Waals surface area contributed by atoms with E-state index in [1.54, 1.807) is 0 Å². The number of carbonyl (C=O) groups is 1. The van der Waals surface area contributed by atoms with E-state index in [1.165, 1.54) is 6.92 Å². The van der Waals surface area contributed by atoms with Crippen molar-refractivity contribution in [3.05, 3.63) is 4.34 Å². The fraction of sp³-hybridized carbons (Fsp3) is 0.200. The summed E-state index contributed by atoms with van der Waals surface area (Å²) in [6.45, 7) is 1.38. The number of aromatic nitrogens is 1. The van der Waals surface area contributed by atoms with Crippen LogP contribution >= 0.6 is 22.9 Å². The summed E-state index contributed by atoms with van der Waals surface area (Å²) in [7, 11) is 0. The summed E-state index contributed by atoms with van der Waals surface area (Å²) >= 11 is 6.78. The van der Waals surface area contributed by atoms with E-state index in [2.05, 4.69) is 10.3 Å². The number of thiazole rings is 1. The van der Waals surface area contributed by atoms with Crippen LogP contribution in [0.4, 0.5) is 10.9 Å². The molecule has 0 fully saturated rings. The summed E-state index contributed by atoms with van der Waals surface area (Å²) in [6.07, 6.45) is 0. The highest BCUT2D eigenvalue weighted by Crippen LogP contribution is 2.29. The standard InChI is InChI=1S/C5H6ClN3OS/c1-2(10)8-4-3(6)11-5(7)9-4/h1H3,(H2,7,9)(H,8,10). The zero-order valence-electron chi connectivity index (χ0n) is 5.72. The first-order chi connectivity index (χ1) is 5.09. The van der Waals surface area contributed by atoms with Crippen LogP contribution in [0.3, 0.4) is 0 Å². The molecule has 0 saturated heterocycles. The third-order valence-electron chi connectivity index (χ3n) is 0.897. The first kappa shape index (κ1) is 8.29. The van der Waals surface area contributed by atoms with Crippen molar-refractivity contribution in [1.29, 1.82) is 0 Å². The second kappa shape index (κ2) is 3.06. The maximum atomic E-state index is 10.5. The van der Waals surface area contributed by atoms with Crippen LogP contribution < -0.4 is 11.1 Å². The number of hydrogen-bond acceptors (Lipinski definition) is 4. The van der Waals surface area contributed by atoms with E-state index < -0.39 is 0 Å². The molecule has 0 aliphatic rings. The van der Waals surface area contributed by atoms with Crippen molar-refractivity contribution < 1.29 is 4.79 Å². The van der Waals surface area contributed by atoms with Crippen molar-refractivity contribution in [2.45, 2.75) is 6.92 Å². The molecule has 11 heavy (non-hydrogen) atoms. The maximum absolute atomic E-state index is 10.5. The van der Waals surface area contributed by atoms with Gasteiger partial charge in [-0.25, -0.2) is 4.98 Å². The van der Waals surface area contributed by atoms with Gasteiger partial charge in [-0.1, -0.05) is 22.9 Å². The third kappa shape index (κ3) is 2.06. The predicted molar refractivity (Wildman–Crippen MR) is 45.8 cm³/mol. The van der Waals surface area contributed by atoms with Gasteiger partial charge >= 0.3 is 0 Å². The molecule has 0 atom stereocenters. The number of anilines is 2. The molecule has 1 aromatic heterocycles. The number of carbonyl (C=O) groups excluding carboxylic acids is 1. The van der Waals surface area contributed by atoms with Gasteiger partial charge in [0.05, 0.1) is 0 Å². The summed E-state index contributed by atoms with van der Waals surface area (Å²) < 4.78 is 0.401. The molecule has 0 bridgehead atoms. The average molecular weight is 192 g/mol. The number of halogens is 1. The highest BCUT2D eigenvalue weighted by molar-refractivity contribution is 7.19. The van der Waals surface area contributed by atoms with E-state index in [0.29, 0.717) is 15.3 Å². The Bertz CT molecular complexity index is 285. The number of nitrogens with zero attached hydrogens (tertiary/aromatic N) is 1. The second-order valence-corrected chi connectivity index (χ2v) is 3.49. The van der Waals surface area contributed by atoms with Crippen LogP contribution in [0.25, 0.3) is 0 Å². The quantitative estimate of drug-likeness (QED) is 0.704. The van der Waals surface area contributed by atoms with Crippen molar-refractivity contribution in [3.8, 4) is 0 Å². The lowest BCUT2D eigenvalue weighted by Crippen LogP contribution is -2.06. The number of rotatable bonds is 1. The Morgan fingerprint density at radius 3 is 2.82 bits per heavy atom. The summed E-state index contributed by atoms with van der Waals surface area (Å²) in [5.41, 5.74) is 5.33. The van der Waals surface area contributed by atoms with Crippen molar-refractivity contribution in [3.63, 3.8) is 0 Å². The van der Waals surface area contributed by atoms with Crippen LogP contribution in [0.15, 0.2) is 0 Å². The third-order valence-corrected chi connectivity index (χ3v) is 1.98. The molecular weight excluding hydrogens is 186 g/mol. The molecule has 60 valence electrons. The van der Waals surface area contributed by atoms with Gasteiger partial charge < -0.3 is 11.1 Å². The first-order valence-electron chi connectivity index (χ1n) is 2.79. The van der Waals surface area contributed by atoms with Gasteiger partial charge in [-0.3, -0.25) is 4.79 Å². The number of nitrogen functional groups attached to an aromatic ring is 1. The average Bonchev–Trinajstić information content (AvgIpc) is 2.09. The summed E-state index contributed by atoms with van der Waals surface area (Å²) in [4.78, 5) is 14.3. The maximum Gasteiger partial charge on any atom is 0.222 e. The lowest BCUT2D eigenvalue weighted by molar-refractivity contribution is -0.114. The summed E-state index contributed by atoms with van der Waals surface area (Å²) in [6, 6.07) is 0. The molecule has 0 unspecified atom stereocenters. The molecule has 1 rings (SSSR count). The predicted octanol–water partition coefficient (Wildman–Crippen LogP) is 1.34. The Morgan fingerprint density at radius 2 is 2.45 bits per heavy atom. The molecular formula is C5H6ClN3OS. The SMILES string of the molecule is CC(=O)Nc1nc(N)sc1Cl. The number of amides is 1. The topological polar surface area (TPSA) is 68.0 Å². The molecule has 1 amide bonds. The highest BCUT2D eigenvalue weighted by Gasteiger charge is 2.07. The van der Waals surface area contributed by atoms with Crippen LogP contribution in [0.2, 0.25) is 4.34 Å². The highest BCUT2D eigenvalue weighted by atomic mass is 35.5. The van der Waals surface area contributed by atoms with E-state index >= 15 is 0 Å². The largest absolute Gasteiger partial charge is 0.375 e. The summed E-state index contributed by atoms with van der Waals surface area (Å²) in [5, 5.41) is 2.79. The van der Waals surface area contributed by atoms with Crippen LogP contribution in [-0.2, 0) is 4.79 Å². The van der Waals surface area contributed by atoms with Crippen molar-refractivity contribution in [2.24, 2.45) is 0 Å². The Balaban J connectivity index is 2.85. The van der Waals surface area contributed by atoms with Gasteiger partial charge in [0.2, 0.25) is 5.91 Å². The second-order valence-electron chi connectivity index (χ2n) is 1.86. The van der Waals surface area contributed by atoms with Gasteiger partial charge in [0, 0.05) is 6.92 Å². The Morgan fingerprint density at radius 1 is 1.82 bits per heavy atom. The minimum atomic E-state index is -0.211. The van der Waals surface area contributed by atoms with Crippen LogP contribution in [0, 0.1) is 0 Å².